The summed E-state index contributed by atoms with van der Waals surface area (Å²) in [4.78, 5) is 0. The molecule has 0 unspecified atom stereocenters. The van der Waals surface area contributed by atoms with Crippen LogP contribution in [-0.4, -0.2) is 18.3 Å². The van der Waals surface area contributed by atoms with E-state index in [9.17, 15) is 0 Å². The van der Waals surface area contributed by atoms with E-state index in [0.717, 1.165) is 16.6 Å². The van der Waals surface area contributed by atoms with Gasteiger partial charge < -0.3 is 9.84 Å². The maximum Gasteiger partial charge on any atom is 0.133 e. The van der Waals surface area contributed by atoms with Gasteiger partial charge >= 0.3 is 0 Å². The van der Waals surface area contributed by atoms with Gasteiger partial charge in [-0.1, -0.05) is 24.3 Å². The molecule has 2 nitrogen and oxygen atoms in total. The van der Waals surface area contributed by atoms with Gasteiger partial charge in [-0.15, -0.1) is 0 Å². The van der Waals surface area contributed by atoms with Crippen LogP contribution >= 0.6 is 15.9 Å². The number of para-hydroxylation sites is 1. The average molecular weight is 257 g/mol. The Morgan fingerprint density at radius 1 is 1.29 bits per heavy atom. The Kier molecular flexibility index (Phi) is 5.33. The number of halogens is 1. The summed E-state index contributed by atoms with van der Waals surface area (Å²) in [5.74, 6) is 0.852. The van der Waals surface area contributed by atoms with Crippen LogP contribution in [-0.2, 0) is 0 Å². The molecule has 0 saturated heterocycles. The van der Waals surface area contributed by atoms with Gasteiger partial charge in [0.25, 0.3) is 0 Å². The molecule has 76 valence electrons. The number of benzene rings is 1. The van der Waals surface area contributed by atoms with Gasteiger partial charge in [-0.05, 0) is 34.5 Å². The number of ether oxygens (including phenoxy) is 1. The van der Waals surface area contributed by atoms with Gasteiger partial charge in [-0.2, -0.15) is 0 Å². The van der Waals surface area contributed by atoms with E-state index in [4.69, 9.17) is 9.84 Å². The molecule has 1 aromatic carbocycles. The molecule has 14 heavy (non-hydrogen) atoms. The first-order chi connectivity index (χ1) is 6.84. The largest absolute Gasteiger partial charge is 0.492 e. The highest BCUT2D eigenvalue weighted by molar-refractivity contribution is 9.10. The van der Waals surface area contributed by atoms with E-state index in [0.29, 0.717) is 6.61 Å². The van der Waals surface area contributed by atoms with Gasteiger partial charge in [0.2, 0.25) is 0 Å². The SMILES string of the molecule is OC/C=C/CCOc1ccccc1Br. The minimum absolute atomic E-state index is 0.0923. The van der Waals surface area contributed by atoms with Crippen molar-refractivity contribution in [2.24, 2.45) is 0 Å². The third-order valence-electron chi connectivity index (χ3n) is 1.65. The van der Waals surface area contributed by atoms with Gasteiger partial charge in [0, 0.05) is 0 Å². The molecule has 0 spiro atoms. The van der Waals surface area contributed by atoms with Gasteiger partial charge in [0.1, 0.15) is 5.75 Å². The smallest absolute Gasteiger partial charge is 0.133 e. The Labute approximate surface area is 92.3 Å². The fraction of sp³-hybridized carbons (Fsp3) is 0.273. The Hall–Kier alpha value is -0.800. The Bertz CT molecular complexity index is 297. The zero-order valence-corrected chi connectivity index (χ0v) is 9.40. The van der Waals surface area contributed by atoms with Crippen LogP contribution < -0.4 is 4.74 Å². The van der Waals surface area contributed by atoms with Gasteiger partial charge in [-0.3, -0.25) is 0 Å². The molecule has 1 aromatic rings. The molecule has 0 aliphatic heterocycles. The topological polar surface area (TPSA) is 29.5 Å². The van der Waals surface area contributed by atoms with Crippen molar-refractivity contribution in [3.8, 4) is 5.75 Å². The Balaban J connectivity index is 2.31. The highest BCUT2D eigenvalue weighted by atomic mass is 79.9. The summed E-state index contributed by atoms with van der Waals surface area (Å²) in [6.07, 6.45) is 4.42. The van der Waals surface area contributed by atoms with Crippen LogP contribution in [0.3, 0.4) is 0 Å². The molecule has 0 aromatic heterocycles. The first kappa shape index (κ1) is 11.3. The average Bonchev–Trinajstić information content (AvgIpc) is 2.20. The molecule has 0 atom stereocenters. The monoisotopic (exact) mass is 256 g/mol. The summed E-state index contributed by atoms with van der Waals surface area (Å²) in [6, 6.07) is 7.74. The number of aliphatic hydroxyl groups excluding tert-OH is 1. The molecule has 1 N–H and O–H groups in total. The first-order valence-corrected chi connectivity index (χ1v) is 5.27. The number of rotatable bonds is 5. The van der Waals surface area contributed by atoms with Gasteiger partial charge in [0.15, 0.2) is 0 Å². The quantitative estimate of drug-likeness (QED) is 0.649. The van der Waals surface area contributed by atoms with Crippen molar-refractivity contribution in [2.75, 3.05) is 13.2 Å². The third-order valence-corrected chi connectivity index (χ3v) is 2.31. The number of hydrogen-bond donors (Lipinski definition) is 1. The molecule has 3 heteroatoms. The van der Waals surface area contributed by atoms with Crippen molar-refractivity contribution in [2.45, 2.75) is 6.42 Å². The van der Waals surface area contributed by atoms with E-state index in [1.54, 1.807) is 6.08 Å². The molecule has 1 rings (SSSR count). The van der Waals surface area contributed by atoms with Crippen molar-refractivity contribution in [3.63, 3.8) is 0 Å². The van der Waals surface area contributed by atoms with Crippen LogP contribution in [0.2, 0.25) is 0 Å². The summed E-state index contributed by atoms with van der Waals surface area (Å²) in [5, 5.41) is 8.49. The molecule has 0 aliphatic rings. The standard InChI is InChI=1S/C11H13BrO2/c12-10-6-2-3-7-11(10)14-9-5-1-4-8-13/h1-4,6-7,13H,5,8-9H2/b4-1+. The lowest BCUT2D eigenvalue weighted by Gasteiger charge is -2.05. The Morgan fingerprint density at radius 3 is 2.79 bits per heavy atom. The third kappa shape index (κ3) is 3.94. The van der Waals surface area contributed by atoms with Crippen molar-refractivity contribution in [1.82, 2.24) is 0 Å². The highest BCUT2D eigenvalue weighted by Gasteiger charge is 1.96. The second-order valence-electron chi connectivity index (χ2n) is 2.72. The predicted octanol–water partition coefficient (Wildman–Crippen LogP) is 2.77. The fourth-order valence-corrected chi connectivity index (χ4v) is 1.39. The second kappa shape index (κ2) is 6.62. The summed E-state index contributed by atoms with van der Waals surface area (Å²) in [6.45, 7) is 0.716. The zero-order chi connectivity index (χ0) is 10.2. The maximum atomic E-state index is 8.49. The summed E-state index contributed by atoms with van der Waals surface area (Å²) in [5.41, 5.74) is 0. The second-order valence-corrected chi connectivity index (χ2v) is 3.58. The van der Waals surface area contributed by atoms with Crippen LogP contribution in [0, 0.1) is 0 Å². The fourth-order valence-electron chi connectivity index (χ4n) is 0.991. The lowest BCUT2D eigenvalue weighted by molar-refractivity contribution is 0.320. The van der Waals surface area contributed by atoms with Crippen LogP contribution in [0.15, 0.2) is 40.9 Å². The summed E-state index contributed by atoms with van der Waals surface area (Å²) < 4.78 is 6.47. The van der Waals surface area contributed by atoms with Crippen LogP contribution in [0.5, 0.6) is 5.75 Å². The Morgan fingerprint density at radius 2 is 2.07 bits per heavy atom. The summed E-state index contributed by atoms with van der Waals surface area (Å²) in [7, 11) is 0. The zero-order valence-electron chi connectivity index (χ0n) is 7.82. The van der Waals surface area contributed by atoms with E-state index < -0.39 is 0 Å². The lowest BCUT2D eigenvalue weighted by Crippen LogP contribution is -1.96. The minimum atomic E-state index is 0.0923. The van der Waals surface area contributed by atoms with E-state index in [1.165, 1.54) is 0 Å². The van der Waals surface area contributed by atoms with Crippen molar-refractivity contribution >= 4 is 15.9 Å². The van der Waals surface area contributed by atoms with Gasteiger partial charge in [0.05, 0.1) is 17.7 Å². The van der Waals surface area contributed by atoms with E-state index in [-0.39, 0.29) is 6.61 Å². The number of hydrogen-bond acceptors (Lipinski definition) is 2. The first-order valence-electron chi connectivity index (χ1n) is 4.48. The van der Waals surface area contributed by atoms with E-state index in [2.05, 4.69) is 15.9 Å². The van der Waals surface area contributed by atoms with Gasteiger partial charge in [-0.25, -0.2) is 0 Å². The molecule has 0 bridgehead atoms. The molecule has 0 radical (unpaired) electrons. The van der Waals surface area contributed by atoms with Crippen molar-refractivity contribution < 1.29 is 9.84 Å². The number of aliphatic hydroxyl groups is 1. The van der Waals surface area contributed by atoms with Crippen molar-refractivity contribution in [1.29, 1.82) is 0 Å². The molecule has 0 saturated carbocycles. The molecule has 0 heterocycles. The maximum absolute atomic E-state index is 8.49. The normalized spacial score (nSPS) is 10.7. The molecule has 0 aliphatic carbocycles. The molecular weight excluding hydrogens is 244 g/mol. The van der Waals surface area contributed by atoms with E-state index in [1.807, 2.05) is 30.3 Å². The minimum Gasteiger partial charge on any atom is -0.492 e. The van der Waals surface area contributed by atoms with E-state index >= 15 is 0 Å². The predicted molar refractivity (Wildman–Crippen MR) is 60.5 cm³/mol. The van der Waals surface area contributed by atoms with Crippen LogP contribution in [0.1, 0.15) is 6.42 Å². The van der Waals surface area contributed by atoms with Crippen LogP contribution in [0.4, 0.5) is 0 Å². The highest BCUT2D eigenvalue weighted by Crippen LogP contribution is 2.23. The lowest BCUT2D eigenvalue weighted by atomic mass is 10.3. The summed E-state index contributed by atoms with van der Waals surface area (Å²) >= 11 is 3.40. The molecule has 0 amide bonds. The van der Waals surface area contributed by atoms with Crippen molar-refractivity contribution in [3.05, 3.63) is 40.9 Å². The molecular formula is C11H13BrO2. The van der Waals surface area contributed by atoms with Crippen LogP contribution in [0.25, 0.3) is 0 Å². The molecule has 0 fully saturated rings.